The molecule has 0 aliphatic rings. The smallest absolute Gasteiger partial charge is 0.244 e. The van der Waals surface area contributed by atoms with Crippen molar-refractivity contribution in [2.24, 2.45) is 12.0 Å². The number of nitrogens with one attached hydrogen (secondary N) is 2. The zero-order valence-electron chi connectivity index (χ0n) is 11.6. The molecule has 2 rings (SSSR count). The van der Waals surface area contributed by atoms with Crippen molar-refractivity contribution in [3.63, 3.8) is 0 Å². The molecular formula is C14H22N5+. The summed E-state index contributed by atoms with van der Waals surface area (Å²) >= 11 is 0. The summed E-state index contributed by atoms with van der Waals surface area (Å²) in [5.41, 5.74) is 2.55. The Bertz CT molecular complexity index is 544. The Morgan fingerprint density at radius 1 is 1.26 bits per heavy atom. The van der Waals surface area contributed by atoms with Crippen LogP contribution in [0.1, 0.15) is 0 Å². The van der Waals surface area contributed by atoms with Gasteiger partial charge in [-0.25, -0.2) is 9.13 Å². The van der Waals surface area contributed by atoms with E-state index < -0.39 is 0 Å². The van der Waals surface area contributed by atoms with E-state index in [2.05, 4.69) is 62.4 Å². The van der Waals surface area contributed by atoms with Crippen LogP contribution in [0, 0.1) is 0 Å². The first kappa shape index (κ1) is 13.5. The molecule has 2 N–H and O–H groups in total. The van der Waals surface area contributed by atoms with Crippen molar-refractivity contribution in [2.75, 3.05) is 26.7 Å². The summed E-state index contributed by atoms with van der Waals surface area (Å²) in [6.07, 6.45) is 3.87. The van der Waals surface area contributed by atoms with Crippen LogP contribution in [0.5, 0.6) is 0 Å². The fourth-order valence-electron chi connectivity index (χ4n) is 2.16. The van der Waals surface area contributed by atoms with Gasteiger partial charge in [-0.05, 0) is 12.1 Å². The minimum Gasteiger partial charge on any atom is -0.375 e. The maximum Gasteiger partial charge on any atom is 0.244 e. The third-order valence-corrected chi connectivity index (χ3v) is 3.08. The highest BCUT2D eigenvalue weighted by Crippen LogP contribution is 2.09. The number of para-hydroxylation sites is 2. The predicted octanol–water partition coefficient (Wildman–Crippen LogP) is 0.303. The number of imidazole rings is 1. The summed E-state index contributed by atoms with van der Waals surface area (Å²) in [7, 11) is 3.85. The number of nitrogens with zero attached hydrogens (tertiary/aromatic N) is 3. The van der Waals surface area contributed by atoms with Gasteiger partial charge in [0, 0.05) is 26.7 Å². The molecule has 5 nitrogen and oxygen atoms in total. The van der Waals surface area contributed by atoms with Gasteiger partial charge in [0.1, 0.15) is 6.54 Å². The van der Waals surface area contributed by atoms with E-state index in [1.807, 2.05) is 0 Å². The molecule has 102 valence electrons. The van der Waals surface area contributed by atoms with Crippen LogP contribution in [0.25, 0.3) is 11.0 Å². The highest BCUT2D eigenvalue weighted by molar-refractivity contribution is 5.71. The lowest BCUT2D eigenvalue weighted by Gasteiger charge is -2.03. The van der Waals surface area contributed by atoms with Gasteiger partial charge in [0.2, 0.25) is 6.33 Å². The molecular weight excluding hydrogens is 238 g/mol. The van der Waals surface area contributed by atoms with Gasteiger partial charge in [-0.1, -0.05) is 12.1 Å². The molecule has 0 spiro atoms. The monoisotopic (exact) mass is 260 g/mol. The van der Waals surface area contributed by atoms with E-state index in [0.717, 1.165) is 26.2 Å². The number of aromatic nitrogens is 2. The summed E-state index contributed by atoms with van der Waals surface area (Å²) in [4.78, 5) is 3.87. The van der Waals surface area contributed by atoms with Gasteiger partial charge in [0.15, 0.2) is 11.0 Å². The van der Waals surface area contributed by atoms with Crippen LogP contribution in [0.2, 0.25) is 0 Å². The number of benzene rings is 1. The van der Waals surface area contributed by atoms with E-state index in [-0.39, 0.29) is 0 Å². The SMILES string of the molecule is CN=CNCCNCCn1c[n+](C)c2ccccc21. The van der Waals surface area contributed by atoms with Crippen molar-refractivity contribution in [3.8, 4) is 0 Å². The van der Waals surface area contributed by atoms with Crippen LogP contribution in [0.15, 0.2) is 35.6 Å². The quantitative estimate of drug-likeness (QED) is 0.326. The second kappa shape index (κ2) is 6.89. The maximum absolute atomic E-state index is 3.87. The average Bonchev–Trinajstić information content (AvgIpc) is 2.75. The molecule has 0 aliphatic carbocycles. The Balaban J connectivity index is 1.82. The molecule has 19 heavy (non-hydrogen) atoms. The number of aliphatic imine (C=N–C) groups is 1. The fourth-order valence-corrected chi connectivity index (χ4v) is 2.16. The Kier molecular flexibility index (Phi) is 4.92. The molecule has 0 atom stereocenters. The molecule has 0 aliphatic heterocycles. The molecule has 0 bridgehead atoms. The van der Waals surface area contributed by atoms with Crippen molar-refractivity contribution < 1.29 is 4.57 Å². The minimum absolute atomic E-state index is 0.900. The van der Waals surface area contributed by atoms with Crippen LogP contribution in [-0.2, 0) is 13.6 Å². The maximum atomic E-state index is 3.87. The van der Waals surface area contributed by atoms with E-state index in [1.54, 1.807) is 13.4 Å². The summed E-state index contributed by atoms with van der Waals surface area (Å²) < 4.78 is 4.44. The van der Waals surface area contributed by atoms with Crippen LogP contribution < -0.4 is 15.2 Å². The second-order valence-corrected chi connectivity index (χ2v) is 4.50. The van der Waals surface area contributed by atoms with Gasteiger partial charge in [-0.3, -0.25) is 4.99 Å². The Morgan fingerprint density at radius 2 is 2.11 bits per heavy atom. The minimum atomic E-state index is 0.900. The standard InChI is InChI=1S/C14H22N5/c1-15-11-17-8-7-16-9-10-19-12-18(2)13-5-3-4-6-14(13)19/h3-6,11-12,16H,7-10H2,1-2H3,(H,15,17)/q+1. The van der Waals surface area contributed by atoms with Crippen LogP contribution >= 0.6 is 0 Å². The van der Waals surface area contributed by atoms with Crippen molar-refractivity contribution >= 4 is 17.4 Å². The molecule has 0 fully saturated rings. The summed E-state index contributed by atoms with van der Waals surface area (Å²) in [5.74, 6) is 0. The Hall–Kier alpha value is -1.88. The largest absolute Gasteiger partial charge is 0.375 e. The van der Waals surface area contributed by atoms with Gasteiger partial charge in [0.25, 0.3) is 0 Å². The van der Waals surface area contributed by atoms with Gasteiger partial charge in [-0.2, -0.15) is 0 Å². The number of hydrogen-bond donors (Lipinski definition) is 2. The van der Waals surface area contributed by atoms with Crippen LogP contribution in [0.3, 0.4) is 0 Å². The third-order valence-electron chi connectivity index (χ3n) is 3.08. The molecule has 1 aromatic heterocycles. The van der Waals surface area contributed by atoms with Crippen LogP contribution in [0.4, 0.5) is 0 Å². The van der Waals surface area contributed by atoms with E-state index in [9.17, 15) is 0 Å². The van der Waals surface area contributed by atoms with Gasteiger partial charge in [-0.15, -0.1) is 0 Å². The van der Waals surface area contributed by atoms with Crippen molar-refractivity contribution in [1.29, 1.82) is 0 Å². The van der Waals surface area contributed by atoms with Gasteiger partial charge >= 0.3 is 0 Å². The third kappa shape index (κ3) is 3.54. The zero-order chi connectivity index (χ0) is 13.5. The topological polar surface area (TPSA) is 45.2 Å². The van der Waals surface area contributed by atoms with Crippen molar-refractivity contribution in [1.82, 2.24) is 15.2 Å². The lowest BCUT2D eigenvalue weighted by Crippen LogP contribution is -2.29. The second-order valence-electron chi connectivity index (χ2n) is 4.50. The predicted molar refractivity (Wildman–Crippen MR) is 78.4 cm³/mol. The lowest BCUT2D eigenvalue weighted by molar-refractivity contribution is -0.645. The van der Waals surface area contributed by atoms with E-state index in [4.69, 9.17) is 0 Å². The summed E-state index contributed by atoms with van der Waals surface area (Å²) in [6, 6.07) is 8.47. The molecule has 1 heterocycles. The van der Waals surface area contributed by atoms with Crippen molar-refractivity contribution in [2.45, 2.75) is 6.54 Å². The first-order valence-corrected chi connectivity index (χ1v) is 6.61. The molecule has 0 saturated carbocycles. The molecule has 0 radical (unpaired) electrons. The Labute approximate surface area is 114 Å². The van der Waals surface area contributed by atoms with E-state index >= 15 is 0 Å². The normalized spacial score (nSPS) is 11.5. The molecule has 0 unspecified atom stereocenters. The molecule has 2 aromatic rings. The fraction of sp³-hybridized carbons (Fsp3) is 0.429. The number of hydrogen-bond acceptors (Lipinski definition) is 2. The highest BCUT2D eigenvalue weighted by Gasteiger charge is 2.10. The Morgan fingerprint density at radius 3 is 2.95 bits per heavy atom. The van der Waals surface area contributed by atoms with Gasteiger partial charge < -0.3 is 10.6 Å². The summed E-state index contributed by atoms with van der Waals surface area (Å²) in [5, 5.41) is 6.51. The van der Waals surface area contributed by atoms with Gasteiger partial charge in [0.05, 0.1) is 13.4 Å². The van der Waals surface area contributed by atoms with Crippen molar-refractivity contribution in [3.05, 3.63) is 30.6 Å². The molecule has 0 saturated heterocycles. The first-order chi connectivity index (χ1) is 9.33. The summed E-state index contributed by atoms with van der Waals surface area (Å²) in [6.45, 7) is 3.78. The van der Waals surface area contributed by atoms with Crippen LogP contribution in [-0.4, -0.2) is 37.6 Å². The number of fused-ring (bicyclic) bond motifs is 1. The highest BCUT2D eigenvalue weighted by atomic mass is 15.1. The number of aryl methyl sites for hydroxylation is 1. The molecule has 0 amide bonds. The molecule has 1 aromatic carbocycles. The molecule has 5 heteroatoms. The zero-order valence-corrected chi connectivity index (χ0v) is 11.6. The van der Waals surface area contributed by atoms with E-state index in [1.165, 1.54) is 11.0 Å². The first-order valence-electron chi connectivity index (χ1n) is 6.61. The van der Waals surface area contributed by atoms with E-state index in [0.29, 0.717) is 0 Å². The number of rotatable bonds is 7. The average molecular weight is 260 g/mol. The lowest BCUT2D eigenvalue weighted by atomic mass is 10.3.